The fourth-order valence-corrected chi connectivity index (χ4v) is 2.49. The highest BCUT2D eigenvalue weighted by atomic mass is 35.5. The Morgan fingerprint density at radius 1 is 1.04 bits per heavy atom. The summed E-state index contributed by atoms with van der Waals surface area (Å²) in [6.45, 7) is 0.496. The van der Waals surface area contributed by atoms with E-state index in [9.17, 15) is 0 Å². The van der Waals surface area contributed by atoms with E-state index in [1.54, 1.807) is 6.20 Å². The van der Waals surface area contributed by atoms with E-state index in [4.69, 9.17) is 16.3 Å². The number of hydrogen-bond acceptors (Lipinski definition) is 6. The zero-order valence-electron chi connectivity index (χ0n) is 14.0. The molecule has 4 rings (SSSR count). The van der Waals surface area contributed by atoms with Gasteiger partial charge in [0.05, 0.1) is 6.20 Å². The number of nitrogens with zero attached hydrogens (tertiary/aromatic N) is 3. The molecule has 0 bridgehead atoms. The topological polar surface area (TPSA) is 72.0 Å². The molecule has 1 heterocycles. The Labute approximate surface area is 156 Å². The second-order valence-corrected chi connectivity index (χ2v) is 6.58. The minimum atomic E-state index is 0.490. The summed E-state index contributed by atoms with van der Waals surface area (Å²) < 4.78 is 5.79. The van der Waals surface area contributed by atoms with Gasteiger partial charge in [0.2, 0.25) is 5.95 Å². The fraction of sp³-hybridized carbons (Fsp3) is 0.211. The summed E-state index contributed by atoms with van der Waals surface area (Å²) in [6.07, 6.45) is 3.93. The van der Waals surface area contributed by atoms with E-state index in [1.807, 2.05) is 48.5 Å². The SMILES string of the molecule is Clc1ccc(COc2ccc(Nc3cnnc(NC4CC4)n3)cc2)cc1. The first kappa shape index (κ1) is 16.6. The molecule has 0 atom stereocenters. The molecular weight excluding hydrogens is 350 g/mol. The highest BCUT2D eigenvalue weighted by Crippen LogP contribution is 2.24. The lowest BCUT2D eigenvalue weighted by molar-refractivity contribution is 0.306. The molecule has 1 aromatic heterocycles. The number of nitrogens with one attached hydrogen (secondary N) is 2. The number of anilines is 3. The second kappa shape index (κ2) is 7.58. The molecule has 132 valence electrons. The van der Waals surface area contributed by atoms with Crippen LogP contribution in [0.5, 0.6) is 5.75 Å². The molecule has 1 saturated carbocycles. The Hall–Kier alpha value is -2.86. The lowest BCUT2D eigenvalue weighted by Crippen LogP contribution is -2.07. The quantitative estimate of drug-likeness (QED) is 0.644. The molecule has 0 spiro atoms. The van der Waals surface area contributed by atoms with Gasteiger partial charge in [-0.3, -0.25) is 0 Å². The predicted molar refractivity (Wildman–Crippen MR) is 102 cm³/mol. The number of rotatable bonds is 7. The van der Waals surface area contributed by atoms with E-state index in [0.717, 1.165) is 22.0 Å². The second-order valence-electron chi connectivity index (χ2n) is 6.15. The van der Waals surface area contributed by atoms with Crippen molar-refractivity contribution in [3.8, 4) is 5.75 Å². The van der Waals surface area contributed by atoms with E-state index in [2.05, 4.69) is 25.8 Å². The smallest absolute Gasteiger partial charge is 0.244 e. The average molecular weight is 368 g/mol. The van der Waals surface area contributed by atoms with Crippen molar-refractivity contribution in [2.45, 2.75) is 25.5 Å². The molecule has 2 N–H and O–H groups in total. The van der Waals surface area contributed by atoms with Gasteiger partial charge in [-0.05, 0) is 54.8 Å². The number of halogens is 1. The number of aromatic nitrogens is 3. The highest BCUT2D eigenvalue weighted by molar-refractivity contribution is 6.30. The summed E-state index contributed by atoms with van der Waals surface area (Å²) in [5, 5.41) is 15.1. The third-order valence-corrected chi connectivity index (χ3v) is 4.17. The van der Waals surface area contributed by atoms with E-state index in [1.165, 1.54) is 12.8 Å². The number of hydrogen-bond donors (Lipinski definition) is 2. The molecule has 0 saturated heterocycles. The molecular formula is C19H18ClN5O. The lowest BCUT2D eigenvalue weighted by atomic mass is 10.2. The minimum absolute atomic E-state index is 0.490. The van der Waals surface area contributed by atoms with Crippen LogP contribution in [0.4, 0.5) is 17.5 Å². The van der Waals surface area contributed by atoms with Crippen molar-refractivity contribution in [3.63, 3.8) is 0 Å². The highest BCUT2D eigenvalue weighted by Gasteiger charge is 2.22. The van der Waals surface area contributed by atoms with Crippen molar-refractivity contribution in [1.29, 1.82) is 0 Å². The maximum atomic E-state index is 5.89. The van der Waals surface area contributed by atoms with E-state index in [0.29, 0.717) is 24.4 Å². The first-order valence-corrected chi connectivity index (χ1v) is 8.83. The van der Waals surface area contributed by atoms with Crippen molar-refractivity contribution in [2.75, 3.05) is 10.6 Å². The van der Waals surface area contributed by atoms with Gasteiger partial charge in [-0.15, -0.1) is 5.10 Å². The van der Waals surface area contributed by atoms with Crippen LogP contribution in [0.1, 0.15) is 18.4 Å². The molecule has 1 fully saturated rings. The van der Waals surface area contributed by atoms with Crippen LogP contribution in [0.3, 0.4) is 0 Å². The zero-order chi connectivity index (χ0) is 17.8. The Kier molecular flexibility index (Phi) is 4.84. The molecule has 6 nitrogen and oxygen atoms in total. The van der Waals surface area contributed by atoms with Crippen molar-refractivity contribution in [1.82, 2.24) is 15.2 Å². The molecule has 0 aliphatic heterocycles. The molecule has 0 unspecified atom stereocenters. The van der Waals surface area contributed by atoms with Crippen LogP contribution in [-0.4, -0.2) is 21.2 Å². The molecule has 1 aliphatic rings. The van der Waals surface area contributed by atoms with Gasteiger partial charge in [0.15, 0.2) is 5.82 Å². The van der Waals surface area contributed by atoms with Crippen molar-refractivity contribution < 1.29 is 4.74 Å². The molecule has 26 heavy (non-hydrogen) atoms. The lowest BCUT2D eigenvalue weighted by Gasteiger charge is -2.09. The van der Waals surface area contributed by atoms with Gasteiger partial charge in [-0.2, -0.15) is 10.1 Å². The molecule has 0 radical (unpaired) electrons. The molecule has 2 aromatic carbocycles. The van der Waals surface area contributed by atoms with Gasteiger partial charge in [0, 0.05) is 16.8 Å². The summed E-state index contributed by atoms with van der Waals surface area (Å²) in [4.78, 5) is 4.42. The molecule has 3 aromatic rings. The monoisotopic (exact) mass is 367 g/mol. The summed E-state index contributed by atoms with van der Waals surface area (Å²) in [6, 6.07) is 15.8. The van der Waals surface area contributed by atoms with Gasteiger partial charge in [-0.1, -0.05) is 23.7 Å². The largest absolute Gasteiger partial charge is 0.489 e. The van der Waals surface area contributed by atoms with E-state index in [-0.39, 0.29) is 0 Å². The average Bonchev–Trinajstić information content (AvgIpc) is 3.47. The predicted octanol–water partition coefficient (Wildman–Crippen LogP) is 4.42. The van der Waals surface area contributed by atoms with Crippen LogP contribution >= 0.6 is 11.6 Å². The van der Waals surface area contributed by atoms with Crippen LogP contribution in [0.2, 0.25) is 5.02 Å². The summed E-state index contributed by atoms with van der Waals surface area (Å²) in [5.41, 5.74) is 1.97. The van der Waals surface area contributed by atoms with Gasteiger partial charge in [0.1, 0.15) is 12.4 Å². The van der Waals surface area contributed by atoms with E-state index < -0.39 is 0 Å². The first-order chi connectivity index (χ1) is 12.7. The van der Waals surface area contributed by atoms with Crippen LogP contribution in [-0.2, 0) is 6.61 Å². The summed E-state index contributed by atoms with van der Waals surface area (Å²) in [7, 11) is 0. The van der Waals surface area contributed by atoms with E-state index >= 15 is 0 Å². The Morgan fingerprint density at radius 3 is 2.54 bits per heavy atom. The minimum Gasteiger partial charge on any atom is -0.489 e. The standard InChI is InChI=1S/C19H18ClN5O/c20-14-3-1-13(2-4-14)12-26-17-9-7-15(8-10-17)22-18-11-21-25-19(24-18)23-16-5-6-16/h1-4,7-11,16H,5-6,12H2,(H2,22,23,24,25). The van der Waals surface area contributed by atoms with Crippen LogP contribution in [0, 0.1) is 0 Å². The van der Waals surface area contributed by atoms with Crippen molar-refractivity contribution >= 4 is 29.1 Å². The third kappa shape index (κ3) is 4.61. The Morgan fingerprint density at radius 2 is 1.81 bits per heavy atom. The maximum Gasteiger partial charge on any atom is 0.244 e. The van der Waals surface area contributed by atoms with Crippen molar-refractivity contribution in [2.24, 2.45) is 0 Å². The van der Waals surface area contributed by atoms with Gasteiger partial charge in [-0.25, -0.2) is 0 Å². The van der Waals surface area contributed by atoms with Crippen LogP contribution in [0.25, 0.3) is 0 Å². The number of benzene rings is 2. The molecule has 7 heteroatoms. The van der Waals surface area contributed by atoms with Gasteiger partial charge >= 0.3 is 0 Å². The normalized spacial score (nSPS) is 13.3. The first-order valence-electron chi connectivity index (χ1n) is 8.45. The number of ether oxygens (including phenoxy) is 1. The van der Waals surface area contributed by atoms with Gasteiger partial charge < -0.3 is 15.4 Å². The van der Waals surface area contributed by atoms with Crippen molar-refractivity contribution in [3.05, 3.63) is 65.3 Å². The maximum absolute atomic E-state index is 5.89. The Balaban J connectivity index is 1.34. The van der Waals surface area contributed by atoms with Gasteiger partial charge in [0.25, 0.3) is 0 Å². The third-order valence-electron chi connectivity index (χ3n) is 3.91. The fourth-order valence-electron chi connectivity index (χ4n) is 2.36. The van der Waals surface area contributed by atoms with Crippen LogP contribution < -0.4 is 15.4 Å². The van der Waals surface area contributed by atoms with Crippen LogP contribution in [0.15, 0.2) is 54.7 Å². The molecule has 1 aliphatic carbocycles. The summed E-state index contributed by atoms with van der Waals surface area (Å²) >= 11 is 5.89. The Bertz CT molecular complexity index is 866. The zero-order valence-corrected chi connectivity index (χ0v) is 14.8. The molecule has 0 amide bonds. The summed E-state index contributed by atoms with van der Waals surface area (Å²) in [5.74, 6) is 2.00.